The SMILES string of the molecule is Cc1nn2c(-c3cccc4ccccc34)ccnc2c1-c1cccc(Cl)c1. The van der Waals surface area contributed by atoms with Crippen molar-refractivity contribution < 1.29 is 0 Å². The minimum Gasteiger partial charge on any atom is -0.236 e. The third-order valence-corrected chi connectivity index (χ3v) is 5.11. The molecule has 0 N–H and O–H groups in total. The van der Waals surface area contributed by atoms with Gasteiger partial charge in [0.25, 0.3) is 0 Å². The van der Waals surface area contributed by atoms with Crippen molar-refractivity contribution in [2.45, 2.75) is 6.92 Å². The molecule has 0 spiro atoms. The van der Waals surface area contributed by atoms with E-state index in [0.717, 1.165) is 33.7 Å². The molecule has 0 bridgehead atoms. The van der Waals surface area contributed by atoms with Gasteiger partial charge in [0.1, 0.15) is 0 Å². The summed E-state index contributed by atoms with van der Waals surface area (Å²) in [7, 11) is 0. The number of aryl methyl sites for hydroxylation is 1. The lowest BCUT2D eigenvalue weighted by molar-refractivity contribution is 0.926. The van der Waals surface area contributed by atoms with Crippen molar-refractivity contribution in [2.75, 3.05) is 0 Å². The van der Waals surface area contributed by atoms with Crippen molar-refractivity contribution in [3.63, 3.8) is 0 Å². The monoisotopic (exact) mass is 369 g/mol. The highest BCUT2D eigenvalue weighted by Gasteiger charge is 2.16. The molecule has 0 atom stereocenters. The van der Waals surface area contributed by atoms with Gasteiger partial charge in [-0.15, -0.1) is 0 Å². The van der Waals surface area contributed by atoms with Crippen molar-refractivity contribution in [1.29, 1.82) is 0 Å². The molecule has 5 rings (SSSR count). The molecule has 0 unspecified atom stereocenters. The maximum Gasteiger partial charge on any atom is 0.163 e. The highest BCUT2D eigenvalue weighted by molar-refractivity contribution is 6.30. The molecule has 3 aromatic carbocycles. The van der Waals surface area contributed by atoms with E-state index < -0.39 is 0 Å². The smallest absolute Gasteiger partial charge is 0.163 e. The van der Waals surface area contributed by atoms with E-state index in [1.54, 1.807) is 0 Å². The van der Waals surface area contributed by atoms with Crippen LogP contribution in [0.3, 0.4) is 0 Å². The first kappa shape index (κ1) is 16.0. The number of halogens is 1. The van der Waals surface area contributed by atoms with Gasteiger partial charge >= 0.3 is 0 Å². The second-order valence-electron chi connectivity index (χ2n) is 6.56. The first-order valence-electron chi connectivity index (χ1n) is 8.81. The topological polar surface area (TPSA) is 30.2 Å². The van der Waals surface area contributed by atoms with E-state index in [1.807, 2.05) is 48.0 Å². The fourth-order valence-electron chi connectivity index (χ4n) is 3.69. The molecule has 0 amide bonds. The summed E-state index contributed by atoms with van der Waals surface area (Å²) >= 11 is 6.21. The van der Waals surface area contributed by atoms with Crippen molar-refractivity contribution in [3.8, 4) is 22.4 Å². The maximum atomic E-state index is 6.21. The van der Waals surface area contributed by atoms with Crippen LogP contribution in [0.25, 0.3) is 38.8 Å². The Hall–Kier alpha value is -3.17. The van der Waals surface area contributed by atoms with Crippen LogP contribution >= 0.6 is 11.6 Å². The minimum absolute atomic E-state index is 0.705. The molecule has 0 saturated heterocycles. The molecule has 4 heteroatoms. The normalized spacial score (nSPS) is 11.3. The zero-order valence-corrected chi connectivity index (χ0v) is 15.5. The number of rotatable bonds is 2. The summed E-state index contributed by atoms with van der Waals surface area (Å²) in [6.45, 7) is 2.01. The van der Waals surface area contributed by atoms with Gasteiger partial charge in [-0.3, -0.25) is 0 Å². The quantitative estimate of drug-likeness (QED) is 0.372. The van der Waals surface area contributed by atoms with Gasteiger partial charge < -0.3 is 0 Å². The third-order valence-electron chi connectivity index (χ3n) is 4.87. The predicted molar refractivity (Wildman–Crippen MR) is 111 cm³/mol. The molecule has 2 heterocycles. The van der Waals surface area contributed by atoms with Crippen LogP contribution in [-0.2, 0) is 0 Å². The molecule has 130 valence electrons. The summed E-state index contributed by atoms with van der Waals surface area (Å²) in [5, 5.41) is 7.92. The van der Waals surface area contributed by atoms with Crippen LogP contribution in [0.1, 0.15) is 5.69 Å². The molecule has 0 aliphatic carbocycles. The van der Waals surface area contributed by atoms with Crippen molar-refractivity contribution in [2.24, 2.45) is 0 Å². The predicted octanol–water partition coefficient (Wildman–Crippen LogP) is 6.18. The number of fused-ring (bicyclic) bond motifs is 2. The van der Waals surface area contributed by atoms with E-state index in [2.05, 4.69) is 47.4 Å². The fraction of sp³-hybridized carbons (Fsp3) is 0.0435. The fourth-order valence-corrected chi connectivity index (χ4v) is 3.88. The number of benzene rings is 3. The molecular weight excluding hydrogens is 354 g/mol. The second kappa shape index (κ2) is 6.22. The first-order chi connectivity index (χ1) is 13.2. The van der Waals surface area contributed by atoms with Crippen molar-refractivity contribution >= 4 is 28.0 Å². The van der Waals surface area contributed by atoms with Gasteiger partial charge in [0.15, 0.2) is 5.65 Å². The van der Waals surface area contributed by atoms with Crippen LogP contribution in [0.2, 0.25) is 5.02 Å². The van der Waals surface area contributed by atoms with Crippen LogP contribution in [-0.4, -0.2) is 14.6 Å². The van der Waals surface area contributed by atoms with Crippen LogP contribution < -0.4 is 0 Å². The third kappa shape index (κ3) is 2.59. The summed E-state index contributed by atoms with van der Waals surface area (Å²) in [5.41, 5.74) is 5.96. The molecule has 0 saturated carbocycles. The van der Waals surface area contributed by atoms with Gasteiger partial charge in [-0.1, -0.05) is 66.2 Å². The van der Waals surface area contributed by atoms with Crippen LogP contribution in [0.5, 0.6) is 0 Å². The highest BCUT2D eigenvalue weighted by atomic mass is 35.5. The van der Waals surface area contributed by atoms with E-state index in [4.69, 9.17) is 16.7 Å². The Morgan fingerprint density at radius 2 is 1.70 bits per heavy atom. The molecular formula is C23H16ClN3. The van der Waals surface area contributed by atoms with Gasteiger partial charge in [-0.2, -0.15) is 5.10 Å². The van der Waals surface area contributed by atoms with Gasteiger partial charge in [0.2, 0.25) is 0 Å². The van der Waals surface area contributed by atoms with E-state index in [9.17, 15) is 0 Å². The van der Waals surface area contributed by atoms with E-state index in [0.29, 0.717) is 5.02 Å². The Morgan fingerprint density at radius 1 is 0.889 bits per heavy atom. The number of nitrogens with zero attached hydrogens (tertiary/aromatic N) is 3. The van der Waals surface area contributed by atoms with Crippen molar-refractivity contribution in [1.82, 2.24) is 14.6 Å². The lowest BCUT2D eigenvalue weighted by Gasteiger charge is -2.09. The van der Waals surface area contributed by atoms with Crippen molar-refractivity contribution in [3.05, 3.63) is 89.7 Å². The lowest BCUT2D eigenvalue weighted by atomic mass is 10.0. The standard InChI is InChI=1S/C23H16ClN3/c1-15-22(17-8-4-9-18(24)14-17)23-25-13-12-21(27(23)26-15)20-11-5-7-16-6-2-3-10-19(16)20/h2-14H,1H3. The zero-order chi connectivity index (χ0) is 18.4. The lowest BCUT2D eigenvalue weighted by Crippen LogP contribution is -1.96. The van der Waals surface area contributed by atoms with Crippen LogP contribution in [0, 0.1) is 6.92 Å². The van der Waals surface area contributed by atoms with Gasteiger partial charge in [0, 0.05) is 22.3 Å². The average Bonchev–Trinajstić information content (AvgIpc) is 3.03. The molecule has 0 aliphatic rings. The molecule has 0 aliphatic heterocycles. The van der Waals surface area contributed by atoms with E-state index in [-0.39, 0.29) is 0 Å². The second-order valence-corrected chi connectivity index (χ2v) is 7.00. The summed E-state index contributed by atoms with van der Waals surface area (Å²) in [6.07, 6.45) is 1.85. The summed E-state index contributed by atoms with van der Waals surface area (Å²) in [6, 6.07) is 24.6. The van der Waals surface area contributed by atoms with E-state index >= 15 is 0 Å². The molecule has 0 fully saturated rings. The number of aromatic nitrogens is 3. The molecule has 27 heavy (non-hydrogen) atoms. The Bertz CT molecular complexity index is 1300. The van der Waals surface area contributed by atoms with Gasteiger partial charge in [-0.05, 0) is 41.5 Å². The molecule has 2 aromatic heterocycles. The summed E-state index contributed by atoms with van der Waals surface area (Å²) in [4.78, 5) is 4.63. The highest BCUT2D eigenvalue weighted by Crippen LogP contribution is 2.33. The minimum atomic E-state index is 0.705. The van der Waals surface area contributed by atoms with Crippen LogP contribution in [0.4, 0.5) is 0 Å². The first-order valence-corrected chi connectivity index (χ1v) is 9.18. The van der Waals surface area contributed by atoms with Gasteiger partial charge in [-0.25, -0.2) is 9.50 Å². The Kier molecular flexibility index (Phi) is 3.69. The molecule has 3 nitrogen and oxygen atoms in total. The number of hydrogen-bond acceptors (Lipinski definition) is 2. The number of hydrogen-bond donors (Lipinski definition) is 0. The Morgan fingerprint density at radius 3 is 2.59 bits per heavy atom. The van der Waals surface area contributed by atoms with Gasteiger partial charge in [0.05, 0.1) is 11.4 Å². The molecule has 0 radical (unpaired) electrons. The zero-order valence-electron chi connectivity index (χ0n) is 14.7. The summed E-state index contributed by atoms with van der Waals surface area (Å²) < 4.78 is 1.94. The Labute approximate surface area is 161 Å². The largest absolute Gasteiger partial charge is 0.236 e. The van der Waals surface area contributed by atoms with Crippen LogP contribution in [0.15, 0.2) is 79.0 Å². The van der Waals surface area contributed by atoms with E-state index in [1.165, 1.54) is 10.8 Å². The summed E-state index contributed by atoms with van der Waals surface area (Å²) in [5.74, 6) is 0. The average molecular weight is 370 g/mol. The molecule has 5 aromatic rings. The maximum absolute atomic E-state index is 6.21. The Balaban J connectivity index is 1.82.